The van der Waals surface area contributed by atoms with Gasteiger partial charge in [-0.3, -0.25) is 9.78 Å². The molecular weight excluding hydrogens is 368 g/mol. The van der Waals surface area contributed by atoms with Crippen molar-refractivity contribution in [2.75, 3.05) is 5.73 Å². The molecule has 4 N–H and O–H groups in total. The number of aromatic nitrogens is 4. The Morgan fingerprint density at radius 1 is 1.24 bits per heavy atom. The van der Waals surface area contributed by atoms with Crippen molar-refractivity contribution in [3.63, 3.8) is 0 Å². The number of rotatable bonds is 4. The summed E-state index contributed by atoms with van der Waals surface area (Å²) in [5.41, 5.74) is 8.02. The Hall–Kier alpha value is -3.00. The largest absolute Gasteiger partial charge is 0.390 e. The van der Waals surface area contributed by atoms with Crippen molar-refractivity contribution in [3.8, 4) is 11.3 Å². The van der Waals surface area contributed by atoms with Crippen LogP contribution in [-0.2, 0) is 0 Å². The van der Waals surface area contributed by atoms with Gasteiger partial charge < -0.3 is 16.2 Å². The average Bonchev–Trinajstić information content (AvgIpc) is 3.10. The fraction of sp³-hybridized carbons (Fsp3) is 0.429. The van der Waals surface area contributed by atoms with E-state index in [9.17, 15) is 9.90 Å². The van der Waals surface area contributed by atoms with Gasteiger partial charge in [-0.15, -0.1) is 0 Å². The highest BCUT2D eigenvalue weighted by Gasteiger charge is 2.32. The summed E-state index contributed by atoms with van der Waals surface area (Å²) in [5.74, 6) is 0.334. The van der Waals surface area contributed by atoms with Gasteiger partial charge in [-0.2, -0.15) is 5.10 Å². The van der Waals surface area contributed by atoms with E-state index in [0.29, 0.717) is 11.1 Å². The number of amides is 1. The molecule has 4 rings (SSSR count). The second kappa shape index (κ2) is 7.44. The van der Waals surface area contributed by atoms with Crippen LogP contribution in [0.4, 0.5) is 5.82 Å². The lowest BCUT2D eigenvalue weighted by molar-refractivity contribution is -0.00257. The van der Waals surface area contributed by atoms with Crippen LogP contribution < -0.4 is 11.1 Å². The van der Waals surface area contributed by atoms with Gasteiger partial charge in [0.2, 0.25) is 0 Å². The van der Waals surface area contributed by atoms with Crippen molar-refractivity contribution < 1.29 is 9.90 Å². The summed E-state index contributed by atoms with van der Waals surface area (Å²) < 4.78 is 1.65. The fourth-order valence-corrected chi connectivity index (χ4v) is 4.18. The molecule has 0 aliphatic heterocycles. The van der Waals surface area contributed by atoms with Gasteiger partial charge in [0.1, 0.15) is 11.8 Å². The maximum Gasteiger partial charge on any atom is 0.253 e. The van der Waals surface area contributed by atoms with Crippen molar-refractivity contribution in [1.82, 2.24) is 24.9 Å². The second-order valence-corrected chi connectivity index (χ2v) is 8.26. The number of hydrogen-bond acceptors (Lipinski definition) is 6. The van der Waals surface area contributed by atoms with Crippen LogP contribution in [0.2, 0.25) is 0 Å². The standard InChI is InChI=1S/C21H26N6O2/c1-21(2,29)14-3-5-15(6-4-14)26-20(28)16-11-17(13-7-9-23-10-8-13)27-18(16)19(22)24-12-25-27/h7-12,14-15,29H,3-6H2,1-2H3,(H,26,28)(H2,22,24,25). The first-order valence-corrected chi connectivity index (χ1v) is 9.90. The number of carbonyl (C=O) groups excluding carboxylic acids is 1. The molecule has 0 bridgehead atoms. The van der Waals surface area contributed by atoms with Crippen LogP contribution in [0.1, 0.15) is 49.9 Å². The molecule has 1 aliphatic rings. The highest BCUT2D eigenvalue weighted by atomic mass is 16.3. The second-order valence-electron chi connectivity index (χ2n) is 8.26. The molecule has 152 valence electrons. The van der Waals surface area contributed by atoms with Gasteiger partial charge in [0.25, 0.3) is 5.91 Å². The van der Waals surface area contributed by atoms with Crippen LogP contribution in [0, 0.1) is 5.92 Å². The molecular formula is C21H26N6O2. The van der Waals surface area contributed by atoms with Gasteiger partial charge in [0.15, 0.2) is 5.82 Å². The third kappa shape index (κ3) is 3.80. The molecule has 0 saturated heterocycles. The van der Waals surface area contributed by atoms with E-state index in [4.69, 9.17) is 5.73 Å². The van der Waals surface area contributed by atoms with Crippen molar-refractivity contribution in [3.05, 3.63) is 42.5 Å². The Labute approximate surface area is 169 Å². The quantitative estimate of drug-likeness (QED) is 0.625. The maximum atomic E-state index is 13.1. The minimum Gasteiger partial charge on any atom is -0.390 e. The van der Waals surface area contributed by atoms with Crippen LogP contribution in [0.3, 0.4) is 0 Å². The number of nitrogens with zero attached hydrogens (tertiary/aromatic N) is 4. The van der Waals surface area contributed by atoms with Crippen LogP contribution in [0.25, 0.3) is 16.8 Å². The lowest BCUT2D eigenvalue weighted by Gasteiger charge is -2.36. The third-order valence-electron chi connectivity index (χ3n) is 5.86. The van der Waals surface area contributed by atoms with Gasteiger partial charge in [0, 0.05) is 24.0 Å². The molecule has 29 heavy (non-hydrogen) atoms. The molecule has 0 unspecified atom stereocenters. The number of nitrogens with two attached hydrogens (primary N) is 1. The summed E-state index contributed by atoms with van der Waals surface area (Å²) >= 11 is 0. The summed E-state index contributed by atoms with van der Waals surface area (Å²) in [6, 6.07) is 5.60. The molecule has 1 fully saturated rings. The highest BCUT2D eigenvalue weighted by Crippen LogP contribution is 2.33. The Morgan fingerprint density at radius 3 is 2.59 bits per heavy atom. The zero-order valence-corrected chi connectivity index (χ0v) is 16.7. The van der Waals surface area contributed by atoms with E-state index in [0.717, 1.165) is 36.9 Å². The lowest BCUT2D eigenvalue weighted by atomic mass is 9.77. The molecule has 3 aromatic heterocycles. The monoisotopic (exact) mass is 394 g/mol. The molecule has 0 radical (unpaired) electrons. The predicted octanol–water partition coefficient (Wildman–Crippen LogP) is 2.43. The molecule has 8 heteroatoms. The Morgan fingerprint density at radius 2 is 1.93 bits per heavy atom. The summed E-state index contributed by atoms with van der Waals surface area (Å²) in [7, 11) is 0. The van der Waals surface area contributed by atoms with E-state index in [1.165, 1.54) is 6.33 Å². The summed E-state index contributed by atoms with van der Waals surface area (Å²) in [6.45, 7) is 3.71. The smallest absolute Gasteiger partial charge is 0.253 e. The fourth-order valence-electron chi connectivity index (χ4n) is 4.18. The number of pyridine rings is 1. The first-order valence-electron chi connectivity index (χ1n) is 9.90. The Balaban J connectivity index is 1.60. The zero-order chi connectivity index (χ0) is 20.6. The first-order chi connectivity index (χ1) is 13.8. The number of nitrogens with one attached hydrogen (secondary N) is 1. The molecule has 3 aromatic rings. The lowest BCUT2D eigenvalue weighted by Crippen LogP contribution is -2.41. The number of aliphatic hydroxyl groups is 1. The number of anilines is 1. The maximum absolute atomic E-state index is 13.1. The van der Waals surface area contributed by atoms with E-state index in [-0.39, 0.29) is 23.7 Å². The van der Waals surface area contributed by atoms with Crippen LogP contribution in [0.15, 0.2) is 36.9 Å². The first kappa shape index (κ1) is 19.3. The topological polar surface area (TPSA) is 118 Å². The average molecular weight is 394 g/mol. The van der Waals surface area contributed by atoms with Gasteiger partial charge in [-0.05, 0) is 63.6 Å². The SMILES string of the molecule is CC(C)(O)C1CCC(NC(=O)c2cc(-c3ccncc3)n3ncnc(N)c23)CC1. The Bertz CT molecular complexity index is 1020. The van der Waals surface area contributed by atoms with E-state index in [1.54, 1.807) is 23.0 Å². The summed E-state index contributed by atoms with van der Waals surface area (Å²) in [5, 5.41) is 17.7. The molecule has 8 nitrogen and oxygen atoms in total. The van der Waals surface area contributed by atoms with Crippen molar-refractivity contribution in [2.45, 2.75) is 51.2 Å². The van der Waals surface area contributed by atoms with Crippen LogP contribution in [-0.4, -0.2) is 42.2 Å². The summed E-state index contributed by atoms with van der Waals surface area (Å²) in [6.07, 6.45) is 8.23. The molecule has 1 amide bonds. The predicted molar refractivity (Wildman–Crippen MR) is 110 cm³/mol. The van der Waals surface area contributed by atoms with Gasteiger partial charge >= 0.3 is 0 Å². The van der Waals surface area contributed by atoms with Gasteiger partial charge in [-0.25, -0.2) is 9.50 Å². The molecule has 3 heterocycles. The number of fused-ring (bicyclic) bond motifs is 1. The molecule has 0 aromatic carbocycles. The molecule has 1 aliphatic carbocycles. The third-order valence-corrected chi connectivity index (χ3v) is 5.86. The van der Waals surface area contributed by atoms with Gasteiger partial charge in [0.05, 0.1) is 16.9 Å². The normalized spacial score (nSPS) is 20.0. The molecule has 0 atom stereocenters. The van der Waals surface area contributed by atoms with Crippen molar-refractivity contribution >= 4 is 17.2 Å². The van der Waals surface area contributed by atoms with E-state index in [2.05, 4.69) is 20.4 Å². The Kier molecular flexibility index (Phi) is 4.96. The minimum atomic E-state index is -0.682. The van der Waals surface area contributed by atoms with Crippen LogP contribution in [0.5, 0.6) is 0 Å². The van der Waals surface area contributed by atoms with Crippen molar-refractivity contribution in [1.29, 1.82) is 0 Å². The molecule has 0 spiro atoms. The van der Waals surface area contributed by atoms with E-state index in [1.807, 2.05) is 26.0 Å². The van der Waals surface area contributed by atoms with Gasteiger partial charge in [-0.1, -0.05) is 0 Å². The van der Waals surface area contributed by atoms with E-state index < -0.39 is 5.60 Å². The minimum absolute atomic E-state index is 0.0753. The van der Waals surface area contributed by atoms with Crippen molar-refractivity contribution in [2.24, 2.45) is 5.92 Å². The highest BCUT2D eigenvalue weighted by molar-refractivity contribution is 6.05. The number of nitrogen functional groups attached to an aromatic ring is 1. The van der Waals surface area contributed by atoms with Crippen LogP contribution >= 0.6 is 0 Å². The molecule has 1 saturated carbocycles. The van der Waals surface area contributed by atoms with E-state index >= 15 is 0 Å². The zero-order valence-electron chi connectivity index (χ0n) is 16.7. The summed E-state index contributed by atoms with van der Waals surface area (Å²) in [4.78, 5) is 21.2. The number of carbonyl (C=O) groups is 1. The number of hydrogen-bond donors (Lipinski definition) is 3.